The molecule has 2 aromatic heterocycles. The van der Waals surface area contributed by atoms with Crippen LogP contribution < -0.4 is 9.47 Å². The molecule has 0 aliphatic carbocycles. The molecular formula is C24H19F3N2O4S. The van der Waals surface area contributed by atoms with E-state index < -0.39 is 25.0 Å². The standard InChI is InChI=1S/C24H19F3N2O4S/c1-2-17-15(11-13-3-5-14(6-4-13)23-28-9-10-34-23)22(33-24(26)27)20-18(32-12-19(30)31)8-7-16(25)21(20)29-17/h3-10,24H,2,11-12H2,1H3,(H,30,31). The molecule has 34 heavy (non-hydrogen) atoms. The number of aliphatic carboxylic acids is 1. The lowest BCUT2D eigenvalue weighted by atomic mass is 9.97. The van der Waals surface area contributed by atoms with E-state index in [-0.39, 0.29) is 28.8 Å². The topological polar surface area (TPSA) is 81.5 Å². The van der Waals surface area contributed by atoms with Crippen LogP contribution in [0.5, 0.6) is 11.5 Å². The van der Waals surface area contributed by atoms with Crippen molar-refractivity contribution in [2.24, 2.45) is 0 Å². The molecule has 0 saturated carbocycles. The van der Waals surface area contributed by atoms with E-state index in [9.17, 15) is 18.0 Å². The van der Waals surface area contributed by atoms with Gasteiger partial charge < -0.3 is 14.6 Å². The fraction of sp³-hybridized carbons (Fsp3) is 0.208. The molecule has 0 atom stereocenters. The number of aromatic nitrogens is 2. The second-order valence-electron chi connectivity index (χ2n) is 7.26. The molecule has 4 rings (SSSR count). The summed E-state index contributed by atoms with van der Waals surface area (Å²) in [6, 6.07) is 9.68. The van der Waals surface area contributed by atoms with Crippen LogP contribution in [0.4, 0.5) is 13.2 Å². The van der Waals surface area contributed by atoms with Gasteiger partial charge in [0.25, 0.3) is 0 Å². The van der Waals surface area contributed by atoms with Gasteiger partial charge >= 0.3 is 12.6 Å². The SMILES string of the molecule is CCc1nc2c(F)ccc(OCC(=O)O)c2c(OC(F)F)c1Cc1ccc(-c2nccs2)cc1. The summed E-state index contributed by atoms with van der Waals surface area (Å²) in [5, 5.41) is 11.6. The third kappa shape index (κ3) is 4.96. The molecule has 0 aliphatic rings. The Kier molecular flexibility index (Phi) is 6.97. The summed E-state index contributed by atoms with van der Waals surface area (Å²) in [5.41, 5.74) is 2.23. The fourth-order valence-corrected chi connectivity index (χ4v) is 4.29. The highest BCUT2D eigenvalue weighted by atomic mass is 32.1. The normalized spacial score (nSPS) is 11.2. The number of benzene rings is 2. The second-order valence-corrected chi connectivity index (χ2v) is 8.16. The third-order valence-corrected chi connectivity index (χ3v) is 5.92. The van der Waals surface area contributed by atoms with Crippen LogP contribution in [0, 0.1) is 5.82 Å². The van der Waals surface area contributed by atoms with Crippen molar-refractivity contribution in [3.05, 3.63) is 70.6 Å². The van der Waals surface area contributed by atoms with Crippen molar-refractivity contribution in [1.82, 2.24) is 9.97 Å². The highest BCUT2D eigenvalue weighted by molar-refractivity contribution is 7.13. The second kappa shape index (κ2) is 10.1. The van der Waals surface area contributed by atoms with E-state index in [0.29, 0.717) is 17.7 Å². The van der Waals surface area contributed by atoms with Crippen LogP contribution in [0.1, 0.15) is 23.7 Å². The molecular weight excluding hydrogens is 469 g/mol. The van der Waals surface area contributed by atoms with E-state index in [1.807, 2.05) is 29.6 Å². The molecule has 0 spiro atoms. The monoisotopic (exact) mass is 488 g/mol. The summed E-state index contributed by atoms with van der Waals surface area (Å²) in [7, 11) is 0. The number of carboxylic acid groups (broad SMARTS) is 1. The number of alkyl halides is 2. The van der Waals surface area contributed by atoms with Gasteiger partial charge in [-0.3, -0.25) is 0 Å². The molecule has 0 unspecified atom stereocenters. The minimum atomic E-state index is -3.20. The number of halogens is 3. The summed E-state index contributed by atoms with van der Waals surface area (Å²) < 4.78 is 51.8. The molecule has 6 nitrogen and oxygen atoms in total. The number of aryl methyl sites for hydroxylation is 1. The summed E-state index contributed by atoms with van der Waals surface area (Å²) in [5.74, 6) is -2.41. The summed E-state index contributed by atoms with van der Waals surface area (Å²) in [6.07, 6.45) is 2.22. The van der Waals surface area contributed by atoms with Crippen molar-refractivity contribution in [3.8, 4) is 22.1 Å². The van der Waals surface area contributed by atoms with Crippen molar-refractivity contribution >= 4 is 28.2 Å². The number of pyridine rings is 1. The fourth-order valence-electron chi connectivity index (χ4n) is 3.65. The predicted octanol–water partition coefficient (Wildman–Crippen LogP) is 5.72. The molecule has 2 aromatic carbocycles. The van der Waals surface area contributed by atoms with Crippen LogP contribution in [0.2, 0.25) is 0 Å². The van der Waals surface area contributed by atoms with Gasteiger partial charge in [0.1, 0.15) is 27.8 Å². The maximum atomic E-state index is 14.7. The summed E-state index contributed by atoms with van der Waals surface area (Å²) in [4.78, 5) is 19.6. The molecule has 10 heteroatoms. The minimum Gasteiger partial charge on any atom is -0.481 e. The van der Waals surface area contributed by atoms with Crippen molar-refractivity contribution in [1.29, 1.82) is 0 Å². The number of rotatable bonds is 9. The molecule has 2 heterocycles. The molecule has 4 aromatic rings. The van der Waals surface area contributed by atoms with E-state index in [1.54, 1.807) is 13.1 Å². The lowest BCUT2D eigenvalue weighted by molar-refractivity contribution is -0.139. The highest BCUT2D eigenvalue weighted by Gasteiger charge is 2.24. The third-order valence-electron chi connectivity index (χ3n) is 5.09. The maximum Gasteiger partial charge on any atom is 0.387 e. The Hall–Kier alpha value is -3.66. The number of thiazole rings is 1. The highest BCUT2D eigenvalue weighted by Crippen LogP contribution is 2.40. The van der Waals surface area contributed by atoms with Gasteiger partial charge in [-0.25, -0.2) is 19.2 Å². The van der Waals surface area contributed by atoms with E-state index in [4.69, 9.17) is 14.6 Å². The van der Waals surface area contributed by atoms with Crippen molar-refractivity contribution < 1.29 is 32.5 Å². The number of carbonyl (C=O) groups is 1. The van der Waals surface area contributed by atoms with Gasteiger partial charge in [-0.2, -0.15) is 8.78 Å². The molecule has 0 amide bonds. The maximum absolute atomic E-state index is 14.7. The zero-order valence-electron chi connectivity index (χ0n) is 17.9. The number of ether oxygens (including phenoxy) is 2. The number of carboxylic acids is 1. The van der Waals surface area contributed by atoms with Gasteiger partial charge in [0, 0.05) is 34.8 Å². The van der Waals surface area contributed by atoms with Crippen LogP contribution in [-0.4, -0.2) is 34.3 Å². The Morgan fingerprint density at radius 1 is 1.18 bits per heavy atom. The van der Waals surface area contributed by atoms with Crippen LogP contribution >= 0.6 is 11.3 Å². The van der Waals surface area contributed by atoms with Crippen molar-refractivity contribution in [2.75, 3.05) is 6.61 Å². The van der Waals surface area contributed by atoms with Crippen LogP contribution in [0.3, 0.4) is 0 Å². The first-order valence-electron chi connectivity index (χ1n) is 10.3. The lowest BCUT2D eigenvalue weighted by Gasteiger charge is -2.19. The average Bonchev–Trinajstić information content (AvgIpc) is 3.35. The molecule has 0 radical (unpaired) electrons. The number of hydrogen-bond acceptors (Lipinski definition) is 6. The van der Waals surface area contributed by atoms with Crippen LogP contribution in [0.15, 0.2) is 48.0 Å². The zero-order chi connectivity index (χ0) is 24.2. The van der Waals surface area contributed by atoms with Gasteiger partial charge in [0.15, 0.2) is 6.61 Å². The van der Waals surface area contributed by atoms with Crippen molar-refractivity contribution in [3.63, 3.8) is 0 Å². The number of fused-ring (bicyclic) bond motifs is 1. The summed E-state index contributed by atoms with van der Waals surface area (Å²) >= 11 is 1.50. The number of nitrogens with zero attached hydrogens (tertiary/aromatic N) is 2. The molecule has 1 N–H and O–H groups in total. The van der Waals surface area contributed by atoms with Gasteiger partial charge in [0.05, 0.1) is 5.39 Å². The van der Waals surface area contributed by atoms with E-state index in [2.05, 4.69) is 9.97 Å². The lowest BCUT2D eigenvalue weighted by Crippen LogP contribution is -2.13. The summed E-state index contributed by atoms with van der Waals surface area (Å²) in [6.45, 7) is -2.16. The quantitative estimate of drug-likeness (QED) is 0.325. The first kappa shape index (κ1) is 23.5. The Balaban J connectivity index is 1.85. The van der Waals surface area contributed by atoms with E-state index in [1.165, 1.54) is 17.4 Å². The Morgan fingerprint density at radius 2 is 1.94 bits per heavy atom. The largest absolute Gasteiger partial charge is 0.481 e. The van der Waals surface area contributed by atoms with E-state index in [0.717, 1.165) is 22.2 Å². The first-order valence-corrected chi connectivity index (χ1v) is 11.2. The first-order chi connectivity index (χ1) is 16.4. The molecule has 0 aliphatic heterocycles. The minimum absolute atomic E-state index is 0.107. The smallest absolute Gasteiger partial charge is 0.387 e. The molecule has 0 bridgehead atoms. The number of hydrogen-bond donors (Lipinski definition) is 1. The van der Waals surface area contributed by atoms with Crippen LogP contribution in [0.25, 0.3) is 21.5 Å². The average molecular weight is 488 g/mol. The Bertz CT molecular complexity index is 1310. The van der Waals surface area contributed by atoms with E-state index >= 15 is 0 Å². The van der Waals surface area contributed by atoms with Crippen LogP contribution in [-0.2, 0) is 17.6 Å². The Morgan fingerprint density at radius 3 is 2.56 bits per heavy atom. The molecule has 176 valence electrons. The molecule has 0 fully saturated rings. The van der Waals surface area contributed by atoms with Crippen molar-refractivity contribution in [2.45, 2.75) is 26.4 Å². The van der Waals surface area contributed by atoms with Gasteiger partial charge in [-0.1, -0.05) is 31.2 Å². The molecule has 0 saturated heterocycles. The van der Waals surface area contributed by atoms with Gasteiger partial charge in [-0.05, 0) is 24.1 Å². The predicted molar refractivity (Wildman–Crippen MR) is 121 cm³/mol. The zero-order valence-corrected chi connectivity index (χ0v) is 18.7. The Labute approximate surface area is 196 Å². The van der Waals surface area contributed by atoms with Gasteiger partial charge in [-0.15, -0.1) is 11.3 Å². The van der Waals surface area contributed by atoms with Gasteiger partial charge in [0.2, 0.25) is 0 Å².